The molecule has 0 spiro atoms. The zero-order valence-electron chi connectivity index (χ0n) is 6.65. The van der Waals surface area contributed by atoms with Gasteiger partial charge >= 0.3 is 0 Å². The molecule has 1 aromatic carbocycles. The van der Waals surface area contributed by atoms with Crippen LogP contribution < -0.4 is 0 Å². The number of hydrogen-bond donors (Lipinski definition) is 1. The summed E-state index contributed by atoms with van der Waals surface area (Å²) in [7, 11) is 0. The summed E-state index contributed by atoms with van der Waals surface area (Å²) in [6.45, 7) is 2.04. The number of aromatic amines is 1. The number of rotatable bonds is 1. The molecule has 62 valence electrons. The third kappa shape index (κ3) is 1.18. The Morgan fingerprint density at radius 3 is 2.58 bits per heavy atom. The van der Waals surface area contributed by atoms with Gasteiger partial charge in [-0.25, -0.2) is 0 Å². The molecule has 0 saturated heterocycles. The van der Waals surface area contributed by atoms with Crippen molar-refractivity contribution in [3.63, 3.8) is 0 Å². The van der Waals surface area contributed by atoms with Gasteiger partial charge in [0.05, 0.1) is 0 Å². The molecule has 0 unspecified atom stereocenters. The second kappa shape index (κ2) is 2.73. The minimum absolute atomic E-state index is 0. The van der Waals surface area contributed by atoms with Crippen molar-refractivity contribution in [2.75, 3.05) is 0 Å². The highest BCUT2D eigenvalue weighted by Crippen LogP contribution is 2.12. The number of nitrogens with one attached hydrogen (secondary N) is 1. The Morgan fingerprint density at radius 1 is 1.25 bits per heavy atom. The molecule has 0 aliphatic carbocycles. The molecule has 0 atom stereocenters. The summed E-state index contributed by atoms with van der Waals surface area (Å²) in [6.07, 6.45) is 0. The second-order valence-electron chi connectivity index (χ2n) is 2.60. The molecule has 0 saturated carbocycles. The molecule has 2 aromatic rings. The molecule has 2 rings (SSSR count). The third-order valence-electron chi connectivity index (χ3n) is 1.66. The maximum Gasteiger partial charge on any atom is 0.204 e. The molecule has 4 heteroatoms. The summed E-state index contributed by atoms with van der Waals surface area (Å²) in [4.78, 5) is 0. The number of tetrazole rings is 1. The number of aromatic nitrogens is 4. The monoisotopic (exact) mass is 162 g/mol. The van der Waals surface area contributed by atoms with Crippen LogP contribution in [0.1, 0.15) is 6.99 Å². The molecule has 1 aromatic heterocycles. The summed E-state index contributed by atoms with van der Waals surface area (Å²) < 4.78 is 0. The average molecular weight is 162 g/mol. The fourth-order valence-electron chi connectivity index (χ4n) is 0.987. The highest BCUT2D eigenvalue weighted by molar-refractivity contribution is 5.53. The molecule has 4 nitrogen and oxygen atoms in total. The fraction of sp³-hybridized carbons (Fsp3) is 0.125. The molecule has 0 aliphatic heterocycles. The predicted octanol–water partition coefficient (Wildman–Crippen LogP) is 1.42. The van der Waals surface area contributed by atoms with Crippen LogP contribution in [0.25, 0.3) is 11.4 Å². The first kappa shape index (κ1) is 6.97. The van der Waals surface area contributed by atoms with Crippen LogP contribution in [-0.4, -0.2) is 20.6 Å². The lowest BCUT2D eigenvalue weighted by Gasteiger charge is -1.93. The zero-order valence-corrected chi connectivity index (χ0v) is 6.65. The molecule has 1 N–H and O–H groups in total. The molecular formula is C8H10N4. The number of benzene rings is 1. The van der Waals surface area contributed by atoms with E-state index >= 15 is 0 Å². The lowest BCUT2D eigenvalue weighted by Crippen LogP contribution is -1.80. The number of hydrogen-bond acceptors (Lipinski definition) is 3. The van der Waals surface area contributed by atoms with E-state index in [4.69, 9.17) is 0 Å². The lowest BCUT2D eigenvalue weighted by molar-refractivity contribution is 0.881. The van der Waals surface area contributed by atoms with E-state index in [0.29, 0.717) is 5.82 Å². The molecule has 0 aliphatic rings. The summed E-state index contributed by atoms with van der Waals surface area (Å²) in [6, 6.07) is 7.98. The predicted molar refractivity (Wildman–Crippen MR) is 46.5 cm³/mol. The quantitative estimate of drug-likeness (QED) is 0.690. The first-order valence-electron chi connectivity index (χ1n) is 3.67. The summed E-state index contributed by atoms with van der Waals surface area (Å²) in [5, 5.41) is 13.6. The first-order chi connectivity index (χ1) is 5.86. The van der Waals surface area contributed by atoms with Gasteiger partial charge in [0.2, 0.25) is 5.82 Å². The van der Waals surface area contributed by atoms with Crippen LogP contribution in [-0.2, 0) is 0 Å². The molecule has 0 fully saturated rings. The van der Waals surface area contributed by atoms with Gasteiger partial charge < -0.3 is 0 Å². The highest BCUT2D eigenvalue weighted by Gasteiger charge is 1.99. The lowest BCUT2D eigenvalue weighted by atomic mass is 10.1. The molecule has 1 heterocycles. The van der Waals surface area contributed by atoms with Gasteiger partial charge in [0, 0.05) is 6.99 Å². The van der Waals surface area contributed by atoms with Crippen LogP contribution in [0.3, 0.4) is 0 Å². The van der Waals surface area contributed by atoms with E-state index in [1.165, 1.54) is 5.56 Å². The minimum Gasteiger partial charge on any atom is -0.177 e. The van der Waals surface area contributed by atoms with Crippen molar-refractivity contribution >= 4 is 0 Å². The van der Waals surface area contributed by atoms with Crippen LogP contribution in [0.15, 0.2) is 24.3 Å². The Bertz CT molecular complexity index is 354. The van der Waals surface area contributed by atoms with Crippen molar-refractivity contribution in [1.29, 1.82) is 0 Å². The van der Waals surface area contributed by atoms with Gasteiger partial charge in [-0.15, -0.1) is 10.2 Å². The Balaban J connectivity index is 0.000000845. The highest BCUT2D eigenvalue weighted by atomic mass is 15.5. The van der Waals surface area contributed by atoms with Crippen LogP contribution in [0.4, 0.5) is 0 Å². The van der Waals surface area contributed by atoms with Gasteiger partial charge in [0.1, 0.15) is 0 Å². The van der Waals surface area contributed by atoms with Crippen LogP contribution in [0.2, 0.25) is 0 Å². The Labute approximate surface area is 71.1 Å². The Morgan fingerprint density at radius 2 is 2.00 bits per heavy atom. The van der Waals surface area contributed by atoms with Crippen molar-refractivity contribution in [3.05, 3.63) is 29.8 Å². The fourth-order valence-corrected chi connectivity index (χ4v) is 0.987. The van der Waals surface area contributed by atoms with E-state index in [9.17, 15) is 0 Å². The van der Waals surface area contributed by atoms with Crippen molar-refractivity contribution in [3.8, 4) is 11.4 Å². The molecule has 0 amide bonds. The topological polar surface area (TPSA) is 54.5 Å². The van der Waals surface area contributed by atoms with Crippen molar-refractivity contribution in [2.45, 2.75) is 6.92 Å². The number of H-pyrrole nitrogens is 1. The summed E-state index contributed by atoms with van der Waals surface area (Å²) >= 11 is 0. The van der Waals surface area contributed by atoms with E-state index in [0.717, 1.165) is 5.56 Å². The summed E-state index contributed by atoms with van der Waals surface area (Å²) in [5.41, 5.74) is 2.21. The van der Waals surface area contributed by atoms with Gasteiger partial charge in [-0.3, -0.25) is 0 Å². The third-order valence-corrected chi connectivity index (χ3v) is 1.66. The van der Waals surface area contributed by atoms with Crippen molar-refractivity contribution in [1.82, 2.24) is 20.6 Å². The van der Waals surface area contributed by atoms with Crippen molar-refractivity contribution < 1.29 is 1.43 Å². The molecule has 0 radical (unpaired) electrons. The van der Waals surface area contributed by atoms with Crippen molar-refractivity contribution in [2.24, 2.45) is 0 Å². The van der Waals surface area contributed by atoms with Crippen LogP contribution >= 0.6 is 0 Å². The van der Waals surface area contributed by atoms with E-state index in [-0.39, 0.29) is 1.43 Å². The maximum absolute atomic E-state index is 3.87. The van der Waals surface area contributed by atoms with Gasteiger partial charge in [0.25, 0.3) is 0 Å². The van der Waals surface area contributed by atoms with E-state index in [1.54, 1.807) is 0 Å². The molecule has 0 bridgehead atoms. The first-order valence-corrected chi connectivity index (χ1v) is 3.67. The summed E-state index contributed by atoms with van der Waals surface area (Å²) in [5.74, 6) is 0.634. The van der Waals surface area contributed by atoms with Crippen LogP contribution in [0, 0.1) is 6.92 Å². The Hall–Kier alpha value is -1.71. The van der Waals surface area contributed by atoms with Gasteiger partial charge in [-0.2, -0.15) is 5.21 Å². The van der Waals surface area contributed by atoms with E-state index < -0.39 is 0 Å². The van der Waals surface area contributed by atoms with E-state index in [1.807, 2.05) is 31.2 Å². The van der Waals surface area contributed by atoms with Gasteiger partial charge in [-0.1, -0.05) is 29.8 Å². The van der Waals surface area contributed by atoms with Gasteiger partial charge in [-0.05, 0) is 12.1 Å². The standard InChI is InChI=1S/C8H8N4.H2/c1-6-2-4-7(5-3-6)8-9-11-12-10-8;/h2-5H,1H3,(H,9,10,11,12);1H. The molecule has 12 heavy (non-hydrogen) atoms. The largest absolute Gasteiger partial charge is 0.204 e. The van der Waals surface area contributed by atoms with Gasteiger partial charge in [0.15, 0.2) is 0 Å². The zero-order chi connectivity index (χ0) is 8.39. The maximum atomic E-state index is 3.87. The van der Waals surface area contributed by atoms with E-state index in [2.05, 4.69) is 20.6 Å². The number of nitrogens with zero attached hydrogens (tertiary/aromatic N) is 3. The van der Waals surface area contributed by atoms with Crippen LogP contribution in [0.5, 0.6) is 0 Å². The normalized spacial score (nSPS) is 10.1. The smallest absolute Gasteiger partial charge is 0.177 e. The Kier molecular flexibility index (Phi) is 1.59. The average Bonchev–Trinajstić information content (AvgIpc) is 2.58. The molecular weight excluding hydrogens is 152 g/mol. The minimum atomic E-state index is 0. The second-order valence-corrected chi connectivity index (χ2v) is 2.60. The number of aryl methyl sites for hydroxylation is 1. The SMILES string of the molecule is Cc1ccc(-c2nn[nH]n2)cc1.[HH].